The first kappa shape index (κ1) is 14.3. The van der Waals surface area contributed by atoms with Crippen molar-refractivity contribution in [3.8, 4) is 0 Å². The second kappa shape index (κ2) is 5.42. The molecule has 0 spiro atoms. The van der Waals surface area contributed by atoms with Gasteiger partial charge < -0.3 is 5.32 Å². The number of aryl methyl sites for hydroxylation is 2. The summed E-state index contributed by atoms with van der Waals surface area (Å²) in [7, 11) is 1.81. The van der Waals surface area contributed by atoms with E-state index in [4.69, 9.17) is 0 Å². The molecule has 4 aromatic rings. The lowest BCUT2D eigenvalue weighted by molar-refractivity contribution is 0.102. The predicted octanol–water partition coefficient (Wildman–Crippen LogP) is 3.08. The maximum Gasteiger partial charge on any atom is 0.275 e. The normalized spacial score (nSPS) is 11.1. The molecule has 0 unspecified atom stereocenters. The molecule has 24 heavy (non-hydrogen) atoms. The first-order valence-corrected chi connectivity index (χ1v) is 7.58. The molecule has 3 heterocycles. The smallest absolute Gasteiger partial charge is 0.275 e. The Kier molecular flexibility index (Phi) is 3.23. The zero-order valence-corrected chi connectivity index (χ0v) is 13.3. The number of aromatic nitrogens is 4. The first-order chi connectivity index (χ1) is 11.6. The summed E-state index contributed by atoms with van der Waals surface area (Å²) in [5.74, 6) is 0.194. The molecule has 0 saturated carbocycles. The SMILES string of the molecule is Cc1ccc2nc3c(cc2c1)c(NC(=O)c1ccccn1)nn3C. The third-order valence-electron chi connectivity index (χ3n) is 3.89. The molecule has 0 aliphatic carbocycles. The van der Waals surface area contributed by atoms with Crippen LogP contribution in [0.25, 0.3) is 21.9 Å². The molecule has 118 valence electrons. The first-order valence-electron chi connectivity index (χ1n) is 7.58. The lowest BCUT2D eigenvalue weighted by atomic mass is 10.1. The molecule has 0 fully saturated rings. The minimum atomic E-state index is -0.292. The zero-order chi connectivity index (χ0) is 16.7. The number of nitrogens with one attached hydrogen (secondary N) is 1. The van der Waals surface area contributed by atoms with Crippen LogP contribution in [0.2, 0.25) is 0 Å². The molecule has 0 radical (unpaired) electrons. The fourth-order valence-electron chi connectivity index (χ4n) is 2.72. The van der Waals surface area contributed by atoms with Gasteiger partial charge in [0.1, 0.15) is 5.69 Å². The standard InChI is InChI=1S/C18H15N5O/c1-11-6-7-14-12(9-11)10-13-16(22-23(2)17(13)20-14)21-18(24)15-5-3-4-8-19-15/h3-10H,1-2H3,(H,21,22,24). The van der Waals surface area contributed by atoms with Crippen LogP contribution in [0, 0.1) is 6.92 Å². The van der Waals surface area contributed by atoms with Crippen LogP contribution in [-0.2, 0) is 7.05 Å². The number of pyridine rings is 2. The Hall–Kier alpha value is -3.28. The highest BCUT2D eigenvalue weighted by Gasteiger charge is 2.15. The van der Waals surface area contributed by atoms with Crippen LogP contribution in [0.4, 0.5) is 5.82 Å². The number of rotatable bonds is 2. The summed E-state index contributed by atoms with van der Waals surface area (Å²) in [4.78, 5) is 21.1. The van der Waals surface area contributed by atoms with E-state index in [0.29, 0.717) is 11.5 Å². The number of benzene rings is 1. The lowest BCUT2D eigenvalue weighted by Crippen LogP contribution is -2.14. The van der Waals surface area contributed by atoms with Gasteiger partial charge >= 0.3 is 0 Å². The van der Waals surface area contributed by atoms with Crippen molar-refractivity contribution in [3.63, 3.8) is 0 Å². The van der Waals surface area contributed by atoms with Crippen molar-refractivity contribution in [2.45, 2.75) is 6.92 Å². The van der Waals surface area contributed by atoms with Crippen LogP contribution in [0.5, 0.6) is 0 Å². The quantitative estimate of drug-likeness (QED) is 0.616. The Morgan fingerprint density at radius 3 is 2.83 bits per heavy atom. The Morgan fingerprint density at radius 2 is 2.04 bits per heavy atom. The van der Waals surface area contributed by atoms with Gasteiger partial charge in [-0.1, -0.05) is 17.7 Å². The van der Waals surface area contributed by atoms with E-state index in [2.05, 4.69) is 26.4 Å². The van der Waals surface area contributed by atoms with Crippen molar-refractivity contribution in [2.75, 3.05) is 5.32 Å². The van der Waals surface area contributed by atoms with Crippen LogP contribution in [0.3, 0.4) is 0 Å². The number of hydrogen-bond acceptors (Lipinski definition) is 4. The highest BCUT2D eigenvalue weighted by molar-refractivity contribution is 6.08. The average molecular weight is 317 g/mol. The van der Waals surface area contributed by atoms with E-state index in [1.165, 1.54) is 0 Å². The van der Waals surface area contributed by atoms with Gasteiger partial charge in [0, 0.05) is 18.6 Å². The summed E-state index contributed by atoms with van der Waals surface area (Å²) in [6.45, 7) is 2.04. The zero-order valence-electron chi connectivity index (χ0n) is 13.3. The van der Waals surface area contributed by atoms with Gasteiger partial charge in [-0.25, -0.2) is 9.67 Å². The van der Waals surface area contributed by atoms with E-state index in [0.717, 1.165) is 27.5 Å². The number of anilines is 1. The molecule has 0 aliphatic rings. The van der Waals surface area contributed by atoms with Crippen LogP contribution >= 0.6 is 0 Å². The van der Waals surface area contributed by atoms with E-state index < -0.39 is 0 Å². The van der Waals surface area contributed by atoms with Crippen molar-refractivity contribution >= 4 is 33.7 Å². The average Bonchev–Trinajstić information content (AvgIpc) is 2.89. The molecule has 4 rings (SSSR count). The summed E-state index contributed by atoms with van der Waals surface area (Å²) >= 11 is 0. The van der Waals surface area contributed by atoms with Crippen molar-refractivity contribution in [1.29, 1.82) is 0 Å². The molecule has 1 N–H and O–H groups in total. The molecule has 1 amide bonds. The summed E-state index contributed by atoms with van der Waals surface area (Å²) in [5, 5.41) is 9.05. The van der Waals surface area contributed by atoms with E-state index in [1.54, 1.807) is 29.1 Å². The summed E-state index contributed by atoms with van der Waals surface area (Å²) in [6.07, 6.45) is 1.59. The summed E-state index contributed by atoms with van der Waals surface area (Å²) in [5.41, 5.74) is 3.13. The fourth-order valence-corrected chi connectivity index (χ4v) is 2.72. The summed E-state index contributed by atoms with van der Waals surface area (Å²) in [6, 6.07) is 13.3. The van der Waals surface area contributed by atoms with Crippen LogP contribution in [0.15, 0.2) is 48.7 Å². The topological polar surface area (TPSA) is 72.7 Å². The maximum absolute atomic E-state index is 12.3. The lowest BCUT2D eigenvalue weighted by Gasteiger charge is -2.03. The van der Waals surface area contributed by atoms with Gasteiger partial charge in [-0.15, -0.1) is 0 Å². The number of hydrogen-bond donors (Lipinski definition) is 1. The maximum atomic E-state index is 12.3. The van der Waals surface area contributed by atoms with E-state index >= 15 is 0 Å². The molecular formula is C18H15N5O. The number of carbonyl (C=O) groups is 1. The summed E-state index contributed by atoms with van der Waals surface area (Å²) < 4.78 is 1.67. The number of carbonyl (C=O) groups excluding carboxylic acids is 1. The Bertz CT molecular complexity index is 1070. The van der Waals surface area contributed by atoms with Crippen LogP contribution in [-0.4, -0.2) is 25.7 Å². The van der Waals surface area contributed by atoms with E-state index in [9.17, 15) is 4.79 Å². The molecule has 3 aromatic heterocycles. The predicted molar refractivity (Wildman–Crippen MR) is 92.9 cm³/mol. The largest absolute Gasteiger partial charge is 0.303 e. The van der Waals surface area contributed by atoms with Crippen molar-refractivity contribution < 1.29 is 4.79 Å². The number of nitrogens with zero attached hydrogens (tertiary/aromatic N) is 4. The monoisotopic (exact) mass is 317 g/mol. The van der Waals surface area contributed by atoms with Gasteiger partial charge in [0.05, 0.1) is 10.9 Å². The van der Waals surface area contributed by atoms with Gasteiger partial charge in [-0.3, -0.25) is 9.78 Å². The number of amides is 1. The van der Waals surface area contributed by atoms with Crippen molar-refractivity contribution in [1.82, 2.24) is 19.7 Å². The third kappa shape index (κ3) is 2.38. The second-order valence-electron chi connectivity index (χ2n) is 5.70. The van der Waals surface area contributed by atoms with Gasteiger partial charge in [0.25, 0.3) is 5.91 Å². The Morgan fingerprint density at radius 1 is 1.17 bits per heavy atom. The molecule has 0 atom stereocenters. The molecule has 6 heteroatoms. The molecular weight excluding hydrogens is 302 g/mol. The van der Waals surface area contributed by atoms with E-state index in [1.807, 2.05) is 32.2 Å². The highest BCUT2D eigenvalue weighted by Crippen LogP contribution is 2.26. The van der Waals surface area contributed by atoms with Crippen LogP contribution in [0.1, 0.15) is 16.1 Å². The van der Waals surface area contributed by atoms with Crippen LogP contribution < -0.4 is 5.32 Å². The van der Waals surface area contributed by atoms with Gasteiger partial charge in [0.15, 0.2) is 11.5 Å². The van der Waals surface area contributed by atoms with Gasteiger partial charge in [-0.2, -0.15) is 5.10 Å². The number of fused-ring (bicyclic) bond motifs is 2. The highest BCUT2D eigenvalue weighted by atomic mass is 16.2. The Labute approximate surface area is 138 Å². The second-order valence-corrected chi connectivity index (χ2v) is 5.70. The van der Waals surface area contributed by atoms with E-state index in [-0.39, 0.29) is 5.91 Å². The fraction of sp³-hybridized carbons (Fsp3) is 0.111. The third-order valence-corrected chi connectivity index (χ3v) is 3.89. The van der Waals surface area contributed by atoms with Gasteiger partial charge in [-0.05, 0) is 37.3 Å². The minimum Gasteiger partial charge on any atom is -0.303 e. The molecule has 1 aromatic carbocycles. The molecule has 0 bridgehead atoms. The van der Waals surface area contributed by atoms with Crippen molar-refractivity contribution in [3.05, 3.63) is 59.9 Å². The minimum absolute atomic E-state index is 0.292. The Balaban J connectivity index is 1.82. The molecule has 0 aliphatic heterocycles. The molecule has 0 saturated heterocycles. The molecule has 6 nitrogen and oxygen atoms in total. The van der Waals surface area contributed by atoms with Gasteiger partial charge in [0.2, 0.25) is 0 Å². The van der Waals surface area contributed by atoms with Crippen molar-refractivity contribution in [2.24, 2.45) is 7.05 Å².